The number of carbonyl (C=O) groups excluding carboxylic acids is 1. The van der Waals surface area contributed by atoms with Crippen molar-refractivity contribution < 1.29 is 37.0 Å². The normalized spacial score (nSPS) is 27.3. The molecule has 4 bridgehead atoms. The lowest BCUT2D eigenvalue weighted by Gasteiger charge is -2.59. The molecule has 1 aromatic carbocycles. The van der Waals surface area contributed by atoms with Gasteiger partial charge in [0, 0.05) is 61.4 Å². The topological polar surface area (TPSA) is 135 Å². The number of anilines is 1. The van der Waals surface area contributed by atoms with Crippen molar-refractivity contribution in [2.75, 3.05) is 18.0 Å². The van der Waals surface area contributed by atoms with Crippen molar-refractivity contribution in [3.8, 4) is 17.1 Å². The van der Waals surface area contributed by atoms with E-state index < -0.39 is 40.7 Å². The van der Waals surface area contributed by atoms with Gasteiger partial charge in [0.05, 0.1) is 23.5 Å². The molecule has 4 heterocycles. The van der Waals surface area contributed by atoms with Crippen molar-refractivity contribution in [2.24, 2.45) is 23.7 Å². The molecule has 15 heteroatoms. The van der Waals surface area contributed by atoms with E-state index in [1.807, 2.05) is 15.5 Å². The number of aromatic nitrogens is 5. The summed E-state index contributed by atoms with van der Waals surface area (Å²) in [5.41, 5.74) is -2.64. The van der Waals surface area contributed by atoms with E-state index in [0.717, 1.165) is 43.4 Å². The minimum absolute atomic E-state index is 0.0894. The summed E-state index contributed by atoms with van der Waals surface area (Å²) in [5, 5.41) is 13.7. The zero-order valence-electron chi connectivity index (χ0n) is 28.2. The third-order valence-electron chi connectivity index (χ3n) is 12.0. The number of hydrogen-bond donors (Lipinski definition) is 2. The first-order valence-corrected chi connectivity index (χ1v) is 18.0. The number of aliphatic carboxylic acids is 1. The van der Waals surface area contributed by atoms with Crippen LogP contribution < -0.4 is 15.0 Å². The lowest BCUT2D eigenvalue weighted by Crippen LogP contribution is -2.70. The van der Waals surface area contributed by atoms with Crippen LogP contribution in [0.1, 0.15) is 79.9 Å². The predicted molar refractivity (Wildman–Crippen MR) is 179 cm³/mol. The number of benzene rings is 1. The van der Waals surface area contributed by atoms with E-state index in [-0.39, 0.29) is 29.8 Å². The molecule has 1 saturated heterocycles. The van der Waals surface area contributed by atoms with E-state index >= 15 is 0 Å². The number of piperidine rings is 1. The van der Waals surface area contributed by atoms with Gasteiger partial charge in [0.2, 0.25) is 5.95 Å². The lowest BCUT2D eigenvalue weighted by atomic mass is 9.48. The van der Waals surface area contributed by atoms with Crippen molar-refractivity contribution in [2.45, 2.75) is 81.6 Å². The number of amides is 1. The Balaban J connectivity index is 0.986. The minimum atomic E-state index is -5.00. The Morgan fingerprint density at radius 2 is 1.60 bits per heavy atom. The molecule has 0 radical (unpaired) electrons. The number of halogens is 4. The number of nitrogens with one attached hydrogen (secondary N) is 1. The first-order chi connectivity index (χ1) is 25.0. The molecule has 5 aliphatic carbocycles. The quantitative estimate of drug-likeness (QED) is 0.197. The number of nitrogens with zero attached hydrogens (tertiary/aromatic N) is 6. The van der Waals surface area contributed by atoms with Crippen LogP contribution in [0.3, 0.4) is 0 Å². The van der Waals surface area contributed by atoms with E-state index in [1.54, 1.807) is 18.3 Å². The second-order valence-corrected chi connectivity index (χ2v) is 15.3. The number of carboxylic acids is 1. The van der Waals surface area contributed by atoms with Crippen molar-refractivity contribution in [1.82, 2.24) is 29.8 Å². The maximum Gasteiger partial charge on any atom is 0.434 e. The Kier molecular flexibility index (Phi) is 7.70. The Hall–Kier alpha value is -4.82. The largest absolute Gasteiger partial charge is 0.490 e. The highest BCUT2D eigenvalue weighted by Crippen LogP contribution is 2.58. The van der Waals surface area contributed by atoms with Crippen LogP contribution in [0.25, 0.3) is 22.3 Å². The monoisotopic (exact) mass is 719 g/mol. The van der Waals surface area contributed by atoms with Gasteiger partial charge < -0.3 is 24.6 Å². The molecule has 1 aliphatic heterocycles. The summed E-state index contributed by atoms with van der Waals surface area (Å²) in [4.78, 5) is 44.8. The molecular weight excluding hydrogens is 682 g/mol. The van der Waals surface area contributed by atoms with Gasteiger partial charge in [-0.25, -0.2) is 29.1 Å². The fourth-order valence-corrected chi connectivity index (χ4v) is 9.66. The van der Waals surface area contributed by atoms with E-state index in [4.69, 9.17) is 4.74 Å². The van der Waals surface area contributed by atoms with Crippen LogP contribution in [0.4, 0.5) is 23.5 Å². The molecule has 3 aromatic heterocycles. The highest BCUT2D eigenvalue weighted by atomic mass is 19.4. The van der Waals surface area contributed by atoms with Gasteiger partial charge in [0.1, 0.15) is 17.4 Å². The fourth-order valence-electron chi connectivity index (χ4n) is 9.66. The van der Waals surface area contributed by atoms with Gasteiger partial charge >= 0.3 is 12.1 Å². The maximum atomic E-state index is 14.7. The summed E-state index contributed by atoms with van der Waals surface area (Å²) < 4.78 is 65.6. The number of fused-ring (bicyclic) bond motifs is 1. The number of rotatable bonds is 8. The van der Waals surface area contributed by atoms with E-state index in [9.17, 15) is 32.3 Å². The van der Waals surface area contributed by atoms with Crippen LogP contribution in [-0.4, -0.2) is 66.2 Å². The average Bonchev–Trinajstić information content (AvgIpc) is 3.89. The lowest BCUT2D eigenvalue weighted by molar-refractivity contribution is -0.163. The number of ether oxygens (including phenoxy) is 1. The smallest absolute Gasteiger partial charge is 0.434 e. The predicted octanol–water partition coefficient (Wildman–Crippen LogP) is 6.44. The SMILES string of the molecule is O=C(NC1(C(=O)O)C2CC3CC(C2)CC1C3)c1cnc(-c2cn(C3CC3)c3cc(OC4CCN(c5ncc(F)cn5)CC4)ccc23)nc1C(F)(F)F. The molecule has 4 aromatic rings. The fraction of sp³-hybridized carbons (Fsp3) is 0.514. The molecule has 0 atom stereocenters. The summed E-state index contributed by atoms with van der Waals surface area (Å²) in [5.74, 6) is -1.77. The third kappa shape index (κ3) is 5.63. The molecule has 11 nitrogen and oxygen atoms in total. The van der Waals surface area contributed by atoms with Crippen molar-refractivity contribution >= 4 is 28.7 Å². The summed E-state index contributed by atoms with van der Waals surface area (Å²) in [6.45, 7) is 1.26. The van der Waals surface area contributed by atoms with Gasteiger partial charge in [0.25, 0.3) is 5.91 Å². The second-order valence-electron chi connectivity index (χ2n) is 15.3. The summed E-state index contributed by atoms with van der Waals surface area (Å²) in [6.07, 6.45) is 6.68. The molecule has 272 valence electrons. The number of alkyl halides is 3. The summed E-state index contributed by atoms with van der Waals surface area (Å²) >= 11 is 0. The van der Waals surface area contributed by atoms with E-state index in [0.29, 0.717) is 86.1 Å². The first kappa shape index (κ1) is 33.0. The molecular formula is C37H37F4N7O4. The maximum absolute atomic E-state index is 14.7. The number of hydrogen-bond acceptors (Lipinski definition) is 8. The van der Waals surface area contributed by atoms with Crippen LogP contribution in [-0.2, 0) is 11.0 Å². The van der Waals surface area contributed by atoms with Crippen LogP contribution in [0, 0.1) is 29.5 Å². The van der Waals surface area contributed by atoms with Crippen molar-refractivity contribution in [3.63, 3.8) is 0 Å². The Labute approximate surface area is 295 Å². The van der Waals surface area contributed by atoms with Gasteiger partial charge in [-0.3, -0.25) is 4.79 Å². The van der Waals surface area contributed by atoms with E-state index in [2.05, 4.69) is 25.3 Å². The Morgan fingerprint density at radius 3 is 2.21 bits per heavy atom. The second kappa shape index (κ2) is 12.1. The van der Waals surface area contributed by atoms with Gasteiger partial charge in [-0.15, -0.1) is 0 Å². The first-order valence-electron chi connectivity index (χ1n) is 18.0. The van der Waals surface area contributed by atoms with Gasteiger partial charge in [0.15, 0.2) is 17.3 Å². The summed E-state index contributed by atoms with van der Waals surface area (Å²) in [6, 6.07) is 5.63. The molecule has 6 fully saturated rings. The Bertz CT molecular complexity index is 2030. The van der Waals surface area contributed by atoms with Crippen LogP contribution in [0.2, 0.25) is 0 Å². The van der Waals surface area contributed by atoms with E-state index in [1.165, 1.54) is 0 Å². The zero-order valence-corrected chi connectivity index (χ0v) is 28.2. The molecule has 52 heavy (non-hydrogen) atoms. The van der Waals surface area contributed by atoms with Crippen LogP contribution >= 0.6 is 0 Å². The molecule has 5 saturated carbocycles. The molecule has 1 amide bonds. The standard InChI is InChI=1S/C37H37F4N7O4/c38-23-15-43-35(44-16-23)47-7-5-25(6-8-47)52-26-3-4-27-29(18-48(24-1-2-24)30(27)14-26)32-42-17-28(31(45-32)37(39,40)41)33(49)46-36(34(50)51)21-10-19-9-20(12-21)13-22(36)11-19/h3-4,14-22,24-25H,1-2,5-13H2,(H,46,49)(H,50,51). The average molecular weight is 720 g/mol. The summed E-state index contributed by atoms with van der Waals surface area (Å²) in [7, 11) is 0. The van der Waals surface area contributed by atoms with Crippen LogP contribution in [0.5, 0.6) is 5.75 Å². The molecule has 6 aliphatic rings. The number of carboxylic acid groups (broad SMARTS) is 1. The van der Waals surface area contributed by atoms with Crippen LogP contribution in [0.15, 0.2) is 43.0 Å². The molecule has 0 spiro atoms. The minimum Gasteiger partial charge on any atom is -0.490 e. The molecule has 0 unspecified atom stereocenters. The molecule has 2 N–H and O–H groups in total. The Morgan fingerprint density at radius 1 is 0.923 bits per heavy atom. The zero-order chi connectivity index (χ0) is 35.9. The number of carbonyl (C=O) groups is 2. The van der Waals surface area contributed by atoms with Gasteiger partial charge in [-0.2, -0.15) is 13.2 Å². The van der Waals surface area contributed by atoms with Gasteiger partial charge in [-0.1, -0.05) is 0 Å². The third-order valence-corrected chi connectivity index (χ3v) is 12.0. The molecule has 10 rings (SSSR count). The van der Waals surface area contributed by atoms with Crippen molar-refractivity contribution in [3.05, 3.63) is 60.1 Å². The highest BCUT2D eigenvalue weighted by Gasteiger charge is 2.62. The highest BCUT2D eigenvalue weighted by molar-refractivity contribution is 6.00. The van der Waals surface area contributed by atoms with Gasteiger partial charge in [-0.05, 0) is 80.8 Å². The van der Waals surface area contributed by atoms with Crippen molar-refractivity contribution in [1.29, 1.82) is 0 Å².